The monoisotopic (exact) mass is 377 g/mol. The second-order valence-electron chi connectivity index (χ2n) is 5.30. The summed E-state index contributed by atoms with van der Waals surface area (Å²) < 4.78 is 48.0. The molecule has 2 aromatic carbocycles. The molecule has 0 aliphatic rings. The van der Waals surface area contributed by atoms with Gasteiger partial charge in [0.15, 0.2) is 5.82 Å². The van der Waals surface area contributed by atoms with Crippen molar-refractivity contribution in [3.8, 4) is 17.1 Å². The highest BCUT2D eigenvalue weighted by molar-refractivity contribution is 7.92. The first-order valence-corrected chi connectivity index (χ1v) is 9.16. The standard InChI is InChI=1S/C16H16FN5O3S/c1-3-22-16(18-20-21-22)11-7-8-14(25-2)15(9-11)26(23,24)19-13-6-4-5-12(17)10-13/h4-10,19H,3H2,1-2H3. The third-order valence-electron chi connectivity index (χ3n) is 3.62. The number of aryl methyl sites for hydroxylation is 1. The normalized spacial score (nSPS) is 11.3. The average Bonchev–Trinajstić information content (AvgIpc) is 3.09. The molecule has 0 radical (unpaired) electrons. The first-order valence-electron chi connectivity index (χ1n) is 7.67. The molecular weight excluding hydrogens is 361 g/mol. The number of benzene rings is 2. The van der Waals surface area contributed by atoms with Gasteiger partial charge < -0.3 is 4.74 Å². The van der Waals surface area contributed by atoms with Gasteiger partial charge in [-0.3, -0.25) is 4.72 Å². The van der Waals surface area contributed by atoms with Crippen LogP contribution in [0.4, 0.5) is 10.1 Å². The summed E-state index contributed by atoms with van der Waals surface area (Å²) in [6.45, 7) is 2.39. The van der Waals surface area contributed by atoms with Crippen molar-refractivity contribution >= 4 is 15.7 Å². The van der Waals surface area contributed by atoms with E-state index in [9.17, 15) is 12.8 Å². The van der Waals surface area contributed by atoms with Gasteiger partial charge in [0.05, 0.1) is 12.8 Å². The van der Waals surface area contributed by atoms with E-state index < -0.39 is 15.8 Å². The lowest BCUT2D eigenvalue weighted by molar-refractivity contribution is 0.403. The lowest BCUT2D eigenvalue weighted by Crippen LogP contribution is -2.14. The summed E-state index contributed by atoms with van der Waals surface area (Å²) in [7, 11) is -2.66. The fourth-order valence-electron chi connectivity index (χ4n) is 2.41. The number of aromatic nitrogens is 4. The van der Waals surface area contributed by atoms with Crippen molar-refractivity contribution in [1.82, 2.24) is 20.2 Å². The minimum Gasteiger partial charge on any atom is -0.495 e. The van der Waals surface area contributed by atoms with Gasteiger partial charge in [-0.15, -0.1) is 5.10 Å². The van der Waals surface area contributed by atoms with Crippen LogP contribution in [-0.4, -0.2) is 35.7 Å². The van der Waals surface area contributed by atoms with Gasteiger partial charge in [-0.05, 0) is 53.7 Å². The Bertz CT molecular complexity index is 1040. The number of hydrogen-bond donors (Lipinski definition) is 1. The molecule has 26 heavy (non-hydrogen) atoms. The van der Waals surface area contributed by atoms with E-state index in [-0.39, 0.29) is 16.3 Å². The molecule has 1 N–H and O–H groups in total. The molecule has 0 aliphatic heterocycles. The second-order valence-corrected chi connectivity index (χ2v) is 6.95. The molecule has 0 aliphatic carbocycles. The molecule has 3 aromatic rings. The molecular formula is C16H16FN5O3S. The van der Waals surface area contributed by atoms with Gasteiger partial charge in [-0.1, -0.05) is 6.07 Å². The summed E-state index contributed by atoms with van der Waals surface area (Å²) in [4.78, 5) is -0.104. The Kier molecular flexibility index (Phi) is 4.85. The zero-order valence-electron chi connectivity index (χ0n) is 14.0. The van der Waals surface area contributed by atoms with E-state index in [0.717, 1.165) is 6.07 Å². The van der Waals surface area contributed by atoms with Crippen LogP contribution in [0.2, 0.25) is 0 Å². The average molecular weight is 377 g/mol. The van der Waals surface area contributed by atoms with E-state index in [2.05, 4.69) is 20.2 Å². The molecule has 136 valence electrons. The van der Waals surface area contributed by atoms with E-state index >= 15 is 0 Å². The highest BCUT2D eigenvalue weighted by Gasteiger charge is 2.22. The van der Waals surface area contributed by atoms with Crippen LogP contribution < -0.4 is 9.46 Å². The third kappa shape index (κ3) is 3.49. The Morgan fingerprint density at radius 3 is 2.73 bits per heavy atom. The number of sulfonamides is 1. The minimum absolute atomic E-state index is 0.104. The smallest absolute Gasteiger partial charge is 0.265 e. The highest BCUT2D eigenvalue weighted by Crippen LogP contribution is 2.30. The molecule has 0 unspecified atom stereocenters. The Balaban J connectivity index is 2.06. The van der Waals surface area contributed by atoms with E-state index in [1.807, 2.05) is 6.92 Å². The van der Waals surface area contributed by atoms with Crippen molar-refractivity contribution in [3.05, 3.63) is 48.3 Å². The molecule has 0 bridgehead atoms. The summed E-state index contributed by atoms with van der Waals surface area (Å²) in [5, 5.41) is 11.4. The first kappa shape index (κ1) is 17.8. The number of hydrogen-bond acceptors (Lipinski definition) is 6. The van der Waals surface area contributed by atoms with Crippen molar-refractivity contribution in [1.29, 1.82) is 0 Å². The maximum Gasteiger partial charge on any atom is 0.265 e. The van der Waals surface area contributed by atoms with E-state index in [1.165, 1.54) is 42.1 Å². The van der Waals surface area contributed by atoms with Crippen LogP contribution in [0.3, 0.4) is 0 Å². The van der Waals surface area contributed by atoms with Gasteiger partial charge in [-0.25, -0.2) is 17.5 Å². The SMILES string of the molecule is CCn1nnnc1-c1ccc(OC)c(S(=O)(=O)Nc2cccc(F)c2)c1. The molecule has 0 amide bonds. The van der Waals surface area contributed by atoms with Crippen LogP contribution in [0, 0.1) is 5.82 Å². The second kappa shape index (κ2) is 7.08. The topological polar surface area (TPSA) is 99.0 Å². The molecule has 0 saturated carbocycles. The third-order valence-corrected chi connectivity index (χ3v) is 5.02. The van der Waals surface area contributed by atoms with Crippen molar-refractivity contribution < 1.29 is 17.5 Å². The van der Waals surface area contributed by atoms with Gasteiger partial charge in [0.1, 0.15) is 16.5 Å². The van der Waals surface area contributed by atoms with E-state index in [1.54, 1.807) is 6.07 Å². The van der Waals surface area contributed by atoms with Crippen LogP contribution >= 0.6 is 0 Å². The fourth-order valence-corrected chi connectivity index (χ4v) is 3.66. The number of methoxy groups -OCH3 is 1. The Hall–Kier alpha value is -3.01. The predicted molar refractivity (Wildman–Crippen MR) is 92.7 cm³/mol. The molecule has 1 aromatic heterocycles. The number of halogens is 1. The molecule has 0 atom stereocenters. The Labute approximate surface area is 149 Å². The fraction of sp³-hybridized carbons (Fsp3) is 0.188. The lowest BCUT2D eigenvalue weighted by atomic mass is 10.2. The van der Waals surface area contributed by atoms with E-state index in [4.69, 9.17) is 4.74 Å². The largest absolute Gasteiger partial charge is 0.495 e. The molecule has 3 rings (SSSR count). The van der Waals surface area contributed by atoms with Crippen molar-refractivity contribution in [2.24, 2.45) is 0 Å². The molecule has 10 heteroatoms. The van der Waals surface area contributed by atoms with Crippen molar-refractivity contribution in [3.63, 3.8) is 0 Å². The number of tetrazole rings is 1. The number of anilines is 1. The first-order chi connectivity index (χ1) is 12.4. The van der Waals surface area contributed by atoms with Gasteiger partial charge in [0, 0.05) is 12.1 Å². The number of rotatable bonds is 6. The predicted octanol–water partition coefficient (Wildman–Crippen LogP) is 2.31. The maximum absolute atomic E-state index is 13.3. The zero-order chi connectivity index (χ0) is 18.7. The Morgan fingerprint density at radius 1 is 1.23 bits per heavy atom. The van der Waals surface area contributed by atoms with E-state index in [0.29, 0.717) is 17.9 Å². The number of nitrogens with one attached hydrogen (secondary N) is 1. The van der Waals surface area contributed by atoms with Crippen molar-refractivity contribution in [2.45, 2.75) is 18.4 Å². The zero-order valence-corrected chi connectivity index (χ0v) is 14.9. The summed E-state index contributed by atoms with van der Waals surface area (Å²) in [5.74, 6) is 0.0265. The van der Waals surface area contributed by atoms with Gasteiger partial charge >= 0.3 is 0 Å². The molecule has 8 nitrogen and oxygen atoms in total. The van der Waals surface area contributed by atoms with Crippen LogP contribution in [-0.2, 0) is 16.6 Å². The minimum atomic E-state index is -4.03. The molecule has 0 saturated heterocycles. The van der Waals surface area contributed by atoms with Gasteiger partial charge in [-0.2, -0.15) is 0 Å². The quantitative estimate of drug-likeness (QED) is 0.708. The Morgan fingerprint density at radius 2 is 2.04 bits per heavy atom. The molecule has 1 heterocycles. The molecule has 0 fully saturated rings. The van der Waals surface area contributed by atoms with Gasteiger partial charge in [0.25, 0.3) is 10.0 Å². The summed E-state index contributed by atoms with van der Waals surface area (Å²) >= 11 is 0. The lowest BCUT2D eigenvalue weighted by Gasteiger charge is -2.13. The van der Waals surface area contributed by atoms with Gasteiger partial charge in [0.2, 0.25) is 0 Å². The number of ether oxygens (including phenoxy) is 1. The maximum atomic E-state index is 13.3. The highest BCUT2D eigenvalue weighted by atomic mass is 32.2. The van der Waals surface area contributed by atoms with Crippen molar-refractivity contribution in [2.75, 3.05) is 11.8 Å². The van der Waals surface area contributed by atoms with Crippen LogP contribution in [0.25, 0.3) is 11.4 Å². The molecule has 0 spiro atoms. The summed E-state index contributed by atoms with van der Waals surface area (Å²) in [5.41, 5.74) is 0.619. The summed E-state index contributed by atoms with van der Waals surface area (Å²) in [6.07, 6.45) is 0. The summed E-state index contributed by atoms with van der Waals surface area (Å²) in [6, 6.07) is 9.78. The van der Waals surface area contributed by atoms with Crippen LogP contribution in [0.5, 0.6) is 5.75 Å². The van der Waals surface area contributed by atoms with Crippen LogP contribution in [0.1, 0.15) is 6.92 Å². The van der Waals surface area contributed by atoms with Crippen LogP contribution in [0.15, 0.2) is 47.4 Å². The number of nitrogens with zero attached hydrogens (tertiary/aromatic N) is 4.